The van der Waals surface area contributed by atoms with Gasteiger partial charge in [-0.05, 0) is 49.2 Å². The molecule has 4 rings (SSSR count). The Kier molecular flexibility index (Phi) is 6.93. The van der Waals surface area contributed by atoms with Gasteiger partial charge in [-0.2, -0.15) is 4.98 Å². The van der Waals surface area contributed by atoms with Gasteiger partial charge < -0.3 is 20.3 Å². The summed E-state index contributed by atoms with van der Waals surface area (Å²) >= 11 is 6.21. The number of benzene rings is 2. The summed E-state index contributed by atoms with van der Waals surface area (Å²) < 4.78 is 6.12. The molecule has 1 amide bonds. The summed E-state index contributed by atoms with van der Waals surface area (Å²) in [5, 5.41) is 6.78. The van der Waals surface area contributed by atoms with Gasteiger partial charge in [0.1, 0.15) is 18.2 Å². The molecule has 0 atom stereocenters. The van der Waals surface area contributed by atoms with Gasteiger partial charge in [0.15, 0.2) is 0 Å². The smallest absolute Gasteiger partial charge is 0.232 e. The Labute approximate surface area is 198 Å². The van der Waals surface area contributed by atoms with Crippen LogP contribution in [-0.2, 0) is 4.79 Å². The Hall–Kier alpha value is -3.39. The molecule has 1 fully saturated rings. The molecule has 1 saturated heterocycles. The van der Waals surface area contributed by atoms with Crippen LogP contribution in [0, 0.1) is 13.8 Å². The number of aromatic nitrogens is 3. The zero-order chi connectivity index (χ0) is 23.4. The lowest BCUT2D eigenvalue weighted by atomic mass is 10.1. The lowest BCUT2D eigenvalue weighted by Crippen LogP contribution is -2.39. The van der Waals surface area contributed by atoms with E-state index in [1.54, 1.807) is 0 Å². The van der Waals surface area contributed by atoms with Crippen LogP contribution in [0.2, 0.25) is 5.02 Å². The second-order valence-electron chi connectivity index (χ2n) is 8.11. The molecule has 0 saturated carbocycles. The number of amides is 1. The normalized spacial score (nSPS) is 14.1. The number of carbonyl (C=O) groups excluding carboxylic acids is 1. The zero-order valence-electron chi connectivity index (χ0n) is 18.9. The van der Waals surface area contributed by atoms with Crippen LogP contribution in [0.5, 0.6) is 5.75 Å². The van der Waals surface area contributed by atoms with Crippen LogP contribution in [0.15, 0.2) is 42.7 Å². The monoisotopic (exact) mass is 466 g/mol. The van der Waals surface area contributed by atoms with Crippen molar-refractivity contribution in [2.75, 3.05) is 28.6 Å². The maximum absolute atomic E-state index is 11.4. The number of nitrogens with zero attached hydrogens (tertiary/aromatic N) is 4. The van der Waals surface area contributed by atoms with Gasteiger partial charge in [-0.1, -0.05) is 23.7 Å². The highest BCUT2D eigenvalue weighted by atomic mass is 35.5. The maximum atomic E-state index is 11.4. The summed E-state index contributed by atoms with van der Waals surface area (Å²) in [5.74, 6) is 1.76. The van der Waals surface area contributed by atoms with E-state index in [1.807, 2.05) is 50.2 Å². The van der Waals surface area contributed by atoms with Crippen molar-refractivity contribution in [3.8, 4) is 5.75 Å². The summed E-state index contributed by atoms with van der Waals surface area (Å²) in [7, 11) is 0. The minimum absolute atomic E-state index is 0.115. The summed E-state index contributed by atoms with van der Waals surface area (Å²) in [5.41, 5.74) is 3.51. The molecule has 3 aromatic rings. The molecule has 8 nitrogen and oxygen atoms in total. The third kappa shape index (κ3) is 5.70. The Morgan fingerprint density at radius 2 is 1.88 bits per heavy atom. The zero-order valence-corrected chi connectivity index (χ0v) is 19.7. The number of aryl methyl sites for hydroxylation is 1. The molecule has 1 aromatic heterocycles. The fraction of sp³-hybridized carbons (Fsp3) is 0.333. The average Bonchev–Trinajstić information content (AvgIpc) is 2.79. The van der Waals surface area contributed by atoms with Gasteiger partial charge in [-0.15, -0.1) is 0 Å². The molecule has 0 radical (unpaired) electrons. The molecule has 2 N–H and O–H groups in total. The van der Waals surface area contributed by atoms with Crippen LogP contribution < -0.4 is 20.3 Å². The topological polar surface area (TPSA) is 92.3 Å². The second kappa shape index (κ2) is 10.0. The van der Waals surface area contributed by atoms with Gasteiger partial charge in [0, 0.05) is 49.3 Å². The molecule has 0 aliphatic carbocycles. The quantitative estimate of drug-likeness (QED) is 0.534. The molecule has 0 bridgehead atoms. The number of nitrogens with one attached hydrogen (secondary N) is 2. The largest absolute Gasteiger partial charge is 0.490 e. The summed E-state index contributed by atoms with van der Waals surface area (Å²) in [6.07, 6.45) is 3.35. The SMILES string of the molecule is CC(=O)Nc1cccc(Nc2ncnc(N3CCC(Oc4ccc(C)c(Cl)c4)CC3)n2)c1C. The van der Waals surface area contributed by atoms with Crippen LogP contribution in [-0.4, -0.2) is 40.1 Å². The van der Waals surface area contributed by atoms with E-state index in [-0.39, 0.29) is 12.0 Å². The van der Waals surface area contributed by atoms with E-state index in [1.165, 1.54) is 13.3 Å². The Morgan fingerprint density at radius 1 is 1.12 bits per heavy atom. The molecule has 0 unspecified atom stereocenters. The maximum Gasteiger partial charge on any atom is 0.232 e. The third-order valence-electron chi connectivity index (χ3n) is 5.62. The van der Waals surface area contributed by atoms with Crippen molar-refractivity contribution in [2.24, 2.45) is 0 Å². The Bertz CT molecular complexity index is 1150. The van der Waals surface area contributed by atoms with E-state index in [4.69, 9.17) is 16.3 Å². The first-order valence-corrected chi connectivity index (χ1v) is 11.3. The van der Waals surface area contributed by atoms with Gasteiger partial charge in [0.25, 0.3) is 0 Å². The number of carbonyl (C=O) groups is 1. The summed E-state index contributed by atoms with van der Waals surface area (Å²) in [4.78, 5) is 26.8. The highest BCUT2D eigenvalue weighted by molar-refractivity contribution is 6.31. The Morgan fingerprint density at radius 3 is 2.61 bits per heavy atom. The summed E-state index contributed by atoms with van der Waals surface area (Å²) in [6, 6.07) is 11.5. The van der Waals surface area contributed by atoms with Crippen LogP contribution in [0.25, 0.3) is 0 Å². The van der Waals surface area contributed by atoms with Crippen LogP contribution in [0.1, 0.15) is 30.9 Å². The van der Waals surface area contributed by atoms with Crippen molar-refractivity contribution < 1.29 is 9.53 Å². The van der Waals surface area contributed by atoms with Crippen molar-refractivity contribution in [1.29, 1.82) is 0 Å². The Balaban J connectivity index is 1.39. The number of piperidine rings is 1. The summed E-state index contributed by atoms with van der Waals surface area (Å²) in [6.45, 7) is 6.96. The molecular formula is C24H27ClN6O2. The van der Waals surface area contributed by atoms with Gasteiger partial charge in [-0.3, -0.25) is 4.79 Å². The molecule has 0 spiro atoms. The third-order valence-corrected chi connectivity index (χ3v) is 6.03. The molecular weight excluding hydrogens is 440 g/mol. The second-order valence-corrected chi connectivity index (χ2v) is 8.52. The highest BCUT2D eigenvalue weighted by Gasteiger charge is 2.23. The minimum atomic E-state index is -0.115. The first-order valence-electron chi connectivity index (χ1n) is 10.9. The molecule has 2 aromatic carbocycles. The number of anilines is 4. The number of hydrogen-bond donors (Lipinski definition) is 2. The van der Waals surface area contributed by atoms with Crippen LogP contribution in [0.3, 0.4) is 0 Å². The van der Waals surface area contributed by atoms with E-state index < -0.39 is 0 Å². The van der Waals surface area contributed by atoms with Gasteiger partial charge in [0.2, 0.25) is 17.8 Å². The highest BCUT2D eigenvalue weighted by Crippen LogP contribution is 2.27. The average molecular weight is 467 g/mol. The van der Waals surface area contributed by atoms with E-state index >= 15 is 0 Å². The van der Waals surface area contributed by atoms with Gasteiger partial charge in [-0.25, -0.2) is 9.97 Å². The molecule has 33 heavy (non-hydrogen) atoms. The van der Waals surface area contributed by atoms with Crippen molar-refractivity contribution in [3.63, 3.8) is 0 Å². The first-order chi connectivity index (χ1) is 15.9. The molecule has 1 aliphatic rings. The number of halogens is 1. The fourth-order valence-electron chi connectivity index (χ4n) is 3.73. The fourth-order valence-corrected chi connectivity index (χ4v) is 3.90. The molecule has 9 heteroatoms. The molecule has 2 heterocycles. The van der Waals surface area contributed by atoms with E-state index in [2.05, 4.69) is 30.5 Å². The van der Waals surface area contributed by atoms with Crippen molar-refractivity contribution in [2.45, 2.75) is 39.7 Å². The number of ether oxygens (including phenoxy) is 1. The first kappa shape index (κ1) is 22.8. The molecule has 1 aliphatic heterocycles. The van der Waals surface area contributed by atoms with E-state index in [0.29, 0.717) is 16.9 Å². The molecule has 172 valence electrons. The van der Waals surface area contributed by atoms with Crippen LogP contribution >= 0.6 is 11.6 Å². The lowest BCUT2D eigenvalue weighted by Gasteiger charge is -2.32. The van der Waals surface area contributed by atoms with Gasteiger partial charge >= 0.3 is 0 Å². The van der Waals surface area contributed by atoms with Crippen molar-refractivity contribution in [1.82, 2.24) is 15.0 Å². The van der Waals surface area contributed by atoms with Gasteiger partial charge in [0.05, 0.1) is 0 Å². The minimum Gasteiger partial charge on any atom is -0.490 e. The number of rotatable bonds is 6. The lowest BCUT2D eigenvalue weighted by molar-refractivity contribution is -0.114. The number of hydrogen-bond acceptors (Lipinski definition) is 7. The van der Waals surface area contributed by atoms with E-state index in [9.17, 15) is 4.79 Å². The van der Waals surface area contributed by atoms with Crippen molar-refractivity contribution in [3.05, 3.63) is 58.9 Å². The van der Waals surface area contributed by atoms with E-state index in [0.717, 1.165) is 54.2 Å². The van der Waals surface area contributed by atoms with Crippen LogP contribution in [0.4, 0.5) is 23.3 Å². The standard InChI is InChI=1S/C24H27ClN6O2/c1-15-7-8-19(13-20(15)25)33-18-9-11-31(12-10-18)24-27-14-26-23(30-24)29-22-6-4-5-21(16(22)2)28-17(3)32/h4-8,13-14,18H,9-12H2,1-3H3,(H,28,32)(H,26,27,29,30). The predicted octanol–water partition coefficient (Wildman–Crippen LogP) is 4.89. The van der Waals surface area contributed by atoms with Crippen molar-refractivity contribution >= 4 is 40.8 Å². The predicted molar refractivity (Wildman–Crippen MR) is 131 cm³/mol.